The van der Waals surface area contributed by atoms with E-state index in [1.165, 1.54) is 0 Å². The number of likely N-dealkylation sites (N-methyl/N-ethyl adjacent to an activating group) is 1. The van der Waals surface area contributed by atoms with E-state index in [0.29, 0.717) is 35.4 Å². The second-order valence-corrected chi connectivity index (χ2v) is 5.47. The minimum absolute atomic E-state index is 0.421. The number of aliphatic hydroxyl groups excluding tert-OH is 1. The maximum Gasteiger partial charge on any atom is 0.142 e. The molecule has 1 aromatic carbocycles. The summed E-state index contributed by atoms with van der Waals surface area (Å²) in [6.45, 7) is 1.64. The molecule has 4 nitrogen and oxygen atoms in total. The van der Waals surface area contributed by atoms with E-state index in [-0.39, 0.29) is 0 Å². The Morgan fingerprint density at radius 3 is 2.63 bits per heavy atom. The predicted octanol–water partition coefficient (Wildman–Crippen LogP) is 2.01. The Labute approximate surface area is 124 Å². The summed E-state index contributed by atoms with van der Waals surface area (Å²) in [5.74, 6) is 0.612. The highest BCUT2D eigenvalue weighted by Crippen LogP contribution is 2.31. The fraction of sp³-hybridized carbons (Fsp3) is 0.538. The molecule has 0 fully saturated rings. The molecule has 0 saturated heterocycles. The largest absolute Gasteiger partial charge is 0.495 e. The van der Waals surface area contributed by atoms with Crippen LogP contribution in [-0.2, 0) is 6.54 Å². The Hall–Kier alpha value is -0.520. The number of methoxy groups -OCH3 is 1. The highest BCUT2D eigenvalue weighted by atomic mass is 35.5. The van der Waals surface area contributed by atoms with E-state index in [1.807, 2.05) is 19.0 Å². The zero-order chi connectivity index (χ0) is 14.4. The van der Waals surface area contributed by atoms with Crippen molar-refractivity contribution in [2.45, 2.75) is 12.6 Å². The smallest absolute Gasteiger partial charge is 0.142 e. The Balaban J connectivity index is 2.58. The van der Waals surface area contributed by atoms with Crippen LogP contribution >= 0.6 is 23.2 Å². The summed E-state index contributed by atoms with van der Waals surface area (Å²) in [6, 6.07) is 3.45. The van der Waals surface area contributed by atoms with Crippen molar-refractivity contribution in [3.05, 3.63) is 27.7 Å². The predicted molar refractivity (Wildman–Crippen MR) is 79.3 cm³/mol. The molecular formula is C13H20Cl2N2O2. The maximum atomic E-state index is 9.75. The van der Waals surface area contributed by atoms with Crippen LogP contribution in [0.5, 0.6) is 5.75 Å². The van der Waals surface area contributed by atoms with Crippen molar-refractivity contribution in [1.82, 2.24) is 10.2 Å². The molecule has 1 rings (SSSR count). The highest BCUT2D eigenvalue weighted by Gasteiger charge is 2.10. The maximum absolute atomic E-state index is 9.75. The molecule has 0 saturated carbocycles. The van der Waals surface area contributed by atoms with Gasteiger partial charge in [-0.1, -0.05) is 23.2 Å². The zero-order valence-corrected chi connectivity index (χ0v) is 12.9. The lowest BCUT2D eigenvalue weighted by atomic mass is 10.2. The van der Waals surface area contributed by atoms with Crippen LogP contribution in [-0.4, -0.2) is 50.4 Å². The molecule has 0 aliphatic carbocycles. The summed E-state index contributed by atoms with van der Waals surface area (Å²) >= 11 is 12.0. The first kappa shape index (κ1) is 16.5. The molecule has 6 heteroatoms. The number of benzene rings is 1. The SMILES string of the molecule is COc1c(Cl)cc(Cl)cc1CNCC(O)CN(C)C. The quantitative estimate of drug-likeness (QED) is 0.809. The first-order valence-electron chi connectivity index (χ1n) is 5.99. The Morgan fingerprint density at radius 2 is 2.05 bits per heavy atom. The third-order valence-corrected chi connectivity index (χ3v) is 3.06. The number of aliphatic hydroxyl groups is 1. The minimum Gasteiger partial charge on any atom is -0.495 e. The average Bonchev–Trinajstić information content (AvgIpc) is 2.27. The van der Waals surface area contributed by atoms with Crippen molar-refractivity contribution in [3.8, 4) is 5.75 Å². The summed E-state index contributed by atoms with van der Waals surface area (Å²) in [4.78, 5) is 1.93. The van der Waals surface area contributed by atoms with E-state index < -0.39 is 6.10 Å². The second kappa shape index (κ2) is 7.92. The van der Waals surface area contributed by atoms with Crippen LogP contribution in [0.3, 0.4) is 0 Å². The van der Waals surface area contributed by atoms with Gasteiger partial charge in [0, 0.05) is 30.2 Å². The summed E-state index contributed by atoms with van der Waals surface area (Å²) in [6.07, 6.45) is -0.421. The molecule has 0 bridgehead atoms. The zero-order valence-electron chi connectivity index (χ0n) is 11.4. The van der Waals surface area contributed by atoms with Crippen LogP contribution < -0.4 is 10.1 Å². The fourth-order valence-electron chi connectivity index (χ4n) is 1.83. The number of halogens is 2. The molecule has 1 unspecified atom stereocenters. The molecule has 1 atom stereocenters. The fourth-order valence-corrected chi connectivity index (χ4v) is 2.45. The van der Waals surface area contributed by atoms with E-state index in [0.717, 1.165) is 5.56 Å². The molecule has 0 aliphatic heterocycles. The van der Waals surface area contributed by atoms with Gasteiger partial charge < -0.3 is 20.1 Å². The lowest BCUT2D eigenvalue weighted by Gasteiger charge is -2.17. The first-order valence-corrected chi connectivity index (χ1v) is 6.75. The third kappa shape index (κ3) is 5.55. The van der Waals surface area contributed by atoms with Crippen LogP contribution in [0.25, 0.3) is 0 Å². The van der Waals surface area contributed by atoms with Gasteiger partial charge in [0.15, 0.2) is 0 Å². The van der Waals surface area contributed by atoms with Crippen molar-refractivity contribution < 1.29 is 9.84 Å². The van der Waals surface area contributed by atoms with Crippen molar-refractivity contribution in [2.75, 3.05) is 34.3 Å². The molecular weight excluding hydrogens is 287 g/mol. The Morgan fingerprint density at radius 1 is 1.37 bits per heavy atom. The van der Waals surface area contributed by atoms with Crippen LogP contribution in [0, 0.1) is 0 Å². The summed E-state index contributed by atoms with van der Waals surface area (Å²) in [5.41, 5.74) is 0.872. The van der Waals surface area contributed by atoms with Gasteiger partial charge in [-0.2, -0.15) is 0 Å². The van der Waals surface area contributed by atoms with E-state index in [9.17, 15) is 5.11 Å². The van der Waals surface area contributed by atoms with E-state index in [1.54, 1.807) is 19.2 Å². The van der Waals surface area contributed by atoms with Gasteiger partial charge in [0.2, 0.25) is 0 Å². The molecule has 0 aliphatic rings. The lowest BCUT2D eigenvalue weighted by Crippen LogP contribution is -2.34. The molecule has 1 aromatic rings. The van der Waals surface area contributed by atoms with Crippen LogP contribution in [0.15, 0.2) is 12.1 Å². The molecule has 19 heavy (non-hydrogen) atoms. The molecule has 0 aromatic heterocycles. The van der Waals surface area contributed by atoms with Gasteiger partial charge in [0.05, 0.1) is 18.2 Å². The molecule has 2 N–H and O–H groups in total. The molecule has 0 spiro atoms. The van der Waals surface area contributed by atoms with Crippen molar-refractivity contribution in [1.29, 1.82) is 0 Å². The standard InChI is InChI=1S/C13H20Cl2N2O2/c1-17(2)8-11(18)7-16-6-9-4-10(14)5-12(15)13(9)19-3/h4-5,11,16,18H,6-8H2,1-3H3. The van der Waals surface area contributed by atoms with Gasteiger partial charge in [-0.3, -0.25) is 0 Å². The molecule has 0 heterocycles. The number of ether oxygens (including phenoxy) is 1. The van der Waals surface area contributed by atoms with Gasteiger partial charge in [-0.05, 0) is 26.2 Å². The molecule has 108 valence electrons. The van der Waals surface area contributed by atoms with Gasteiger partial charge in [0.25, 0.3) is 0 Å². The van der Waals surface area contributed by atoms with Gasteiger partial charge >= 0.3 is 0 Å². The Kier molecular flexibility index (Phi) is 6.89. The Bertz CT molecular complexity index is 414. The topological polar surface area (TPSA) is 44.7 Å². The van der Waals surface area contributed by atoms with Crippen molar-refractivity contribution >= 4 is 23.2 Å². The van der Waals surface area contributed by atoms with Crippen molar-refractivity contribution in [2.24, 2.45) is 0 Å². The second-order valence-electron chi connectivity index (χ2n) is 4.63. The summed E-state index contributed by atoms with van der Waals surface area (Å²) in [5, 5.41) is 14.0. The molecule has 0 amide bonds. The average molecular weight is 307 g/mol. The lowest BCUT2D eigenvalue weighted by molar-refractivity contribution is 0.134. The van der Waals surface area contributed by atoms with Crippen LogP contribution in [0.1, 0.15) is 5.56 Å². The minimum atomic E-state index is -0.421. The van der Waals surface area contributed by atoms with Gasteiger partial charge in [-0.15, -0.1) is 0 Å². The van der Waals surface area contributed by atoms with Gasteiger partial charge in [-0.25, -0.2) is 0 Å². The molecule has 0 radical (unpaired) electrons. The number of hydrogen-bond acceptors (Lipinski definition) is 4. The number of nitrogens with zero attached hydrogens (tertiary/aromatic N) is 1. The third-order valence-electron chi connectivity index (χ3n) is 2.56. The van der Waals surface area contributed by atoms with E-state index >= 15 is 0 Å². The normalized spacial score (nSPS) is 12.8. The van der Waals surface area contributed by atoms with E-state index in [4.69, 9.17) is 27.9 Å². The first-order chi connectivity index (χ1) is 8.93. The number of hydrogen-bond donors (Lipinski definition) is 2. The monoisotopic (exact) mass is 306 g/mol. The van der Waals surface area contributed by atoms with Crippen LogP contribution in [0.4, 0.5) is 0 Å². The number of rotatable bonds is 7. The van der Waals surface area contributed by atoms with Gasteiger partial charge in [0.1, 0.15) is 5.75 Å². The highest BCUT2D eigenvalue weighted by molar-refractivity contribution is 6.35. The summed E-state index contributed by atoms with van der Waals surface area (Å²) in [7, 11) is 5.41. The van der Waals surface area contributed by atoms with E-state index in [2.05, 4.69) is 5.32 Å². The summed E-state index contributed by atoms with van der Waals surface area (Å²) < 4.78 is 5.25. The van der Waals surface area contributed by atoms with Crippen molar-refractivity contribution in [3.63, 3.8) is 0 Å². The number of nitrogens with one attached hydrogen (secondary N) is 1. The van der Waals surface area contributed by atoms with Crippen LogP contribution in [0.2, 0.25) is 10.0 Å².